The van der Waals surface area contributed by atoms with E-state index in [-0.39, 0.29) is 5.92 Å². The van der Waals surface area contributed by atoms with Gasteiger partial charge in [-0.15, -0.1) is 0 Å². The second kappa shape index (κ2) is 5.15. The molecule has 0 unspecified atom stereocenters. The van der Waals surface area contributed by atoms with Gasteiger partial charge in [-0.2, -0.15) is 0 Å². The maximum absolute atomic E-state index is 10.9. The minimum absolute atomic E-state index is 0.203. The van der Waals surface area contributed by atoms with Crippen molar-refractivity contribution in [2.24, 2.45) is 5.92 Å². The minimum Gasteiger partial charge on any atom is -0.481 e. The number of rotatable bonds is 3. The quantitative estimate of drug-likeness (QED) is 0.902. The van der Waals surface area contributed by atoms with Crippen LogP contribution in [-0.4, -0.2) is 34.1 Å². The Bertz CT molecular complexity index is 448. The van der Waals surface area contributed by atoms with Crippen molar-refractivity contribution in [3.8, 4) is 0 Å². The van der Waals surface area contributed by atoms with Crippen molar-refractivity contribution in [2.75, 3.05) is 18.0 Å². The van der Waals surface area contributed by atoms with Gasteiger partial charge in [0.15, 0.2) is 0 Å². The maximum Gasteiger partial charge on any atom is 0.306 e. The van der Waals surface area contributed by atoms with Crippen LogP contribution in [0.1, 0.15) is 43.6 Å². The van der Waals surface area contributed by atoms with Crippen LogP contribution in [0.5, 0.6) is 0 Å². The molecule has 0 spiro atoms. The fourth-order valence-electron chi connectivity index (χ4n) is 2.77. The first-order chi connectivity index (χ1) is 9.24. The molecule has 19 heavy (non-hydrogen) atoms. The van der Waals surface area contributed by atoms with Gasteiger partial charge in [-0.1, -0.05) is 6.42 Å². The standard InChI is InChI=1S/C14H19N3O2/c18-13(19)11-4-6-17(7-5-11)14-15-8-12(9-16-14)10-2-1-3-10/h8-11H,1-7H2,(H,18,19). The topological polar surface area (TPSA) is 66.3 Å². The normalized spacial score (nSPS) is 21.2. The van der Waals surface area contributed by atoms with E-state index in [0.717, 1.165) is 19.0 Å². The van der Waals surface area contributed by atoms with Gasteiger partial charge < -0.3 is 10.0 Å². The summed E-state index contributed by atoms with van der Waals surface area (Å²) >= 11 is 0. The molecule has 2 heterocycles. The molecule has 1 aromatic heterocycles. The monoisotopic (exact) mass is 261 g/mol. The molecule has 1 saturated carbocycles. The molecule has 1 aliphatic heterocycles. The largest absolute Gasteiger partial charge is 0.481 e. The highest BCUT2D eigenvalue weighted by molar-refractivity contribution is 5.70. The third-order valence-corrected chi connectivity index (χ3v) is 4.36. The van der Waals surface area contributed by atoms with E-state index in [1.54, 1.807) is 0 Å². The molecule has 0 amide bonds. The van der Waals surface area contributed by atoms with E-state index in [9.17, 15) is 4.79 Å². The molecule has 2 fully saturated rings. The van der Waals surface area contributed by atoms with Crippen molar-refractivity contribution in [2.45, 2.75) is 38.0 Å². The fraction of sp³-hybridized carbons (Fsp3) is 0.643. The molecule has 1 aromatic rings. The number of aliphatic carboxylic acids is 1. The minimum atomic E-state index is -0.680. The Balaban J connectivity index is 1.61. The van der Waals surface area contributed by atoms with E-state index in [4.69, 9.17) is 5.11 Å². The zero-order chi connectivity index (χ0) is 13.2. The molecule has 2 aliphatic rings. The average molecular weight is 261 g/mol. The van der Waals surface area contributed by atoms with Crippen LogP contribution in [0.4, 0.5) is 5.95 Å². The Labute approximate surface area is 112 Å². The summed E-state index contributed by atoms with van der Waals surface area (Å²) in [5, 5.41) is 8.98. The number of carboxylic acid groups (broad SMARTS) is 1. The van der Waals surface area contributed by atoms with Crippen LogP contribution in [0.3, 0.4) is 0 Å². The Morgan fingerprint density at radius 1 is 1.16 bits per heavy atom. The lowest BCUT2D eigenvalue weighted by molar-refractivity contribution is -0.142. The molecule has 3 rings (SSSR count). The number of hydrogen-bond acceptors (Lipinski definition) is 4. The molecular formula is C14H19N3O2. The predicted octanol–water partition coefficient (Wildman–Crippen LogP) is 2.05. The second-order valence-electron chi connectivity index (χ2n) is 5.54. The van der Waals surface area contributed by atoms with Crippen molar-refractivity contribution in [3.63, 3.8) is 0 Å². The number of carbonyl (C=O) groups is 1. The van der Waals surface area contributed by atoms with E-state index in [2.05, 4.69) is 14.9 Å². The summed E-state index contributed by atoms with van der Waals surface area (Å²) < 4.78 is 0. The van der Waals surface area contributed by atoms with E-state index in [1.165, 1.54) is 24.8 Å². The summed E-state index contributed by atoms with van der Waals surface area (Å²) in [4.78, 5) is 21.9. The van der Waals surface area contributed by atoms with E-state index < -0.39 is 5.97 Å². The lowest BCUT2D eigenvalue weighted by Gasteiger charge is -2.30. The molecule has 1 saturated heterocycles. The Morgan fingerprint density at radius 3 is 2.26 bits per heavy atom. The molecule has 0 bridgehead atoms. The highest BCUT2D eigenvalue weighted by Crippen LogP contribution is 2.35. The molecule has 5 heteroatoms. The third kappa shape index (κ3) is 2.55. The molecule has 102 valence electrons. The number of hydrogen-bond donors (Lipinski definition) is 1. The number of carboxylic acids is 1. The van der Waals surface area contributed by atoms with Gasteiger partial charge in [0, 0.05) is 25.5 Å². The van der Waals surface area contributed by atoms with Crippen LogP contribution in [0, 0.1) is 5.92 Å². The average Bonchev–Trinajstić information content (AvgIpc) is 2.38. The lowest BCUT2D eigenvalue weighted by atomic mass is 9.81. The number of aromatic nitrogens is 2. The van der Waals surface area contributed by atoms with Crippen LogP contribution in [0.15, 0.2) is 12.4 Å². The predicted molar refractivity (Wildman–Crippen MR) is 71.2 cm³/mol. The number of piperidine rings is 1. The van der Waals surface area contributed by atoms with Gasteiger partial charge >= 0.3 is 5.97 Å². The van der Waals surface area contributed by atoms with Crippen LogP contribution in [-0.2, 0) is 4.79 Å². The molecule has 0 atom stereocenters. The number of nitrogens with zero attached hydrogens (tertiary/aromatic N) is 3. The van der Waals surface area contributed by atoms with Crippen LogP contribution < -0.4 is 4.90 Å². The highest BCUT2D eigenvalue weighted by Gasteiger charge is 2.26. The van der Waals surface area contributed by atoms with Gasteiger partial charge in [-0.05, 0) is 37.2 Å². The first-order valence-corrected chi connectivity index (χ1v) is 7.04. The zero-order valence-corrected chi connectivity index (χ0v) is 11.0. The number of anilines is 1. The van der Waals surface area contributed by atoms with E-state index in [1.807, 2.05) is 12.4 Å². The third-order valence-electron chi connectivity index (χ3n) is 4.36. The zero-order valence-electron chi connectivity index (χ0n) is 11.0. The van der Waals surface area contributed by atoms with E-state index >= 15 is 0 Å². The van der Waals surface area contributed by atoms with Gasteiger partial charge in [0.2, 0.25) is 5.95 Å². The first-order valence-electron chi connectivity index (χ1n) is 7.04. The second-order valence-corrected chi connectivity index (χ2v) is 5.54. The van der Waals surface area contributed by atoms with Crippen LogP contribution >= 0.6 is 0 Å². The summed E-state index contributed by atoms with van der Waals surface area (Å²) in [6.45, 7) is 1.47. The maximum atomic E-state index is 10.9. The summed E-state index contributed by atoms with van der Waals surface area (Å²) in [5.41, 5.74) is 1.25. The van der Waals surface area contributed by atoms with Gasteiger partial charge in [0.25, 0.3) is 0 Å². The smallest absolute Gasteiger partial charge is 0.306 e. The Kier molecular flexibility index (Phi) is 3.36. The molecule has 0 aromatic carbocycles. The fourth-order valence-corrected chi connectivity index (χ4v) is 2.77. The molecule has 1 N–H and O–H groups in total. The van der Waals surface area contributed by atoms with Crippen molar-refractivity contribution in [1.29, 1.82) is 0 Å². The summed E-state index contributed by atoms with van der Waals surface area (Å²) in [5.74, 6) is 0.519. The summed E-state index contributed by atoms with van der Waals surface area (Å²) in [6, 6.07) is 0. The summed E-state index contributed by atoms with van der Waals surface area (Å²) in [7, 11) is 0. The van der Waals surface area contributed by atoms with Crippen LogP contribution in [0.25, 0.3) is 0 Å². The van der Waals surface area contributed by atoms with Gasteiger partial charge in [-0.25, -0.2) is 9.97 Å². The SMILES string of the molecule is O=C(O)C1CCN(c2ncc(C3CCC3)cn2)CC1. The van der Waals surface area contributed by atoms with Gasteiger partial charge in [0.1, 0.15) is 0 Å². The van der Waals surface area contributed by atoms with Crippen molar-refractivity contribution < 1.29 is 9.90 Å². The Morgan fingerprint density at radius 2 is 1.79 bits per heavy atom. The van der Waals surface area contributed by atoms with Crippen molar-refractivity contribution in [3.05, 3.63) is 18.0 Å². The first kappa shape index (κ1) is 12.4. The van der Waals surface area contributed by atoms with Gasteiger partial charge in [-0.3, -0.25) is 4.79 Å². The van der Waals surface area contributed by atoms with Crippen LogP contribution in [0.2, 0.25) is 0 Å². The summed E-state index contributed by atoms with van der Waals surface area (Å²) in [6.07, 6.45) is 9.07. The molecular weight excluding hydrogens is 242 g/mol. The van der Waals surface area contributed by atoms with Gasteiger partial charge in [0.05, 0.1) is 5.92 Å². The lowest BCUT2D eigenvalue weighted by Crippen LogP contribution is -2.37. The highest BCUT2D eigenvalue weighted by atomic mass is 16.4. The Hall–Kier alpha value is -1.65. The van der Waals surface area contributed by atoms with Crippen molar-refractivity contribution >= 4 is 11.9 Å². The molecule has 1 aliphatic carbocycles. The molecule has 5 nitrogen and oxygen atoms in total. The van der Waals surface area contributed by atoms with Crippen molar-refractivity contribution in [1.82, 2.24) is 9.97 Å². The van der Waals surface area contributed by atoms with E-state index in [0.29, 0.717) is 18.8 Å². The molecule has 0 radical (unpaired) electrons.